The monoisotopic (exact) mass is 522 g/mol. The average Bonchev–Trinajstić information content (AvgIpc) is 3.36. The smallest absolute Gasteiger partial charge is 0.253 e. The number of ether oxygens (including phenoxy) is 2. The maximum absolute atomic E-state index is 13.3. The van der Waals surface area contributed by atoms with Crippen molar-refractivity contribution in [1.29, 1.82) is 0 Å². The Morgan fingerprint density at radius 3 is 2.70 bits per heavy atom. The van der Waals surface area contributed by atoms with E-state index in [1.807, 2.05) is 12.1 Å². The number of H-pyrrole nitrogens is 1. The lowest BCUT2D eigenvalue weighted by Crippen LogP contribution is -2.70. The molecule has 3 aliphatic rings. The van der Waals surface area contributed by atoms with Gasteiger partial charge in [0.05, 0.1) is 16.7 Å². The van der Waals surface area contributed by atoms with Crippen molar-refractivity contribution in [3.63, 3.8) is 0 Å². The number of hydrogen-bond acceptors (Lipinski definition) is 6. The van der Waals surface area contributed by atoms with Crippen LogP contribution in [0.25, 0.3) is 17.1 Å². The first-order chi connectivity index (χ1) is 18.0. The summed E-state index contributed by atoms with van der Waals surface area (Å²) in [5.74, 6) is 0.711. The quantitative estimate of drug-likeness (QED) is 0.408. The minimum atomic E-state index is -0.295. The molecule has 1 aromatic heterocycles. The molecule has 3 aromatic rings. The normalized spacial score (nSPS) is 21.9. The topological polar surface area (TPSA) is 126 Å². The highest BCUT2D eigenvalue weighted by Gasteiger charge is 2.56. The van der Waals surface area contributed by atoms with Gasteiger partial charge in [0, 0.05) is 41.3 Å². The molecule has 9 nitrogen and oxygen atoms in total. The number of benzene rings is 2. The number of carbonyl (C=O) groups excluding carboxylic acids is 2. The number of aliphatic hydroxyl groups is 1. The van der Waals surface area contributed by atoms with Crippen molar-refractivity contribution >= 4 is 40.5 Å². The SMILES string of the molecule is O=C(NC1CC(NC(=O)c2cccc3[nH]c(CO)nc23)C12CCOCC2)C1=Cc2cc(Cl)ccc2OC1. The van der Waals surface area contributed by atoms with Crippen LogP contribution in [0.1, 0.15) is 41.0 Å². The standard InChI is InChI=1S/C27H27ClN4O5/c28-17-4-5-20-15(11-17)10-16(14-37-20)25(34)30-21-12-22(27(21)6-8-36-9-7-27)31-26(35)18-2-1-3-19-24(18)32-23(13-33)29-19/h1-5,10-11,21-22,33H,6-9,12-14H2,(H,29,32)(H,30,34)(H,31,35). The second kappa shape index (κ2) is 9.48. The van der Waals surface area contributed by atoms with E-state index in [0.717, 1.165) is 18.4 Å². The maximum Gasteiger partial charge on any atom is 0.253 e. The van der Waals surface area contributed by atoms with Crippen LogP contribution in [0, 0.1) is 5.41 Å². The summed E-state index contributed by atoms with van der Waals surface area (Å²) in [6.45, 7) is 1.10. The van der Waals surface area contributed by atoms with E-state index in [2.05, 4.69) is 20.6 Å². The molecule has 37 heavy (non-hydrogen) atoms. The van der Waals surface area contributed by atoms with Gasteiger partial charge < -0.3 is 30.2 Å². The molecule has 2 aromatic carbocycles. The molecular formula is C27H27ClN4O5. The van der Waals surface area contributed by atoms with Gasteiger partial charge in [-0.1, -0.05) is 17.7 Å². The van der Waals surface area contributed by atoms with Crippen molar-refractivity contribution in [2.24, 2.45) is 5.41 Å². The van der Waals surface area contributed by atoms with Crippen LogP contribution in [0.5, 0.6) is 5.75 Å². The molecule has 2 amide bonds. The van der Waals surface area contributed by atoms with Gasteiger partial charge >= 0.3 is 0 Å². The lowest BCUT2D eigenvalue weighted by molar-refractivity contribution is -0.126. The molecule has 2 fully saturated rings. The third-order valence-corrected chi connectivity index (χ3v) is 8.06. The molecular weight excluding hydrogens is 496 g/mol. The highest BCUT2D eigenvalue weighted by Crippen LogP contribution is 2.49. The number of carbonyl (C=O) groups is 2. The van der Waals surface area contributed by atoms with Gasteiger partial charge in [-0.05, 0) is 55.7 Å². The van der Waals surface area contributed by atoms with Gasteiger partial charge in [-0.15, -0.1) is 0 Å². The third-order valence-electron chi connectivity index (χ3n) is 7.83. The van der Waals surface area contributed by atoms with E-state index >= 15 is 0 Å². The Balaban J connectivity index is 1.19. The first kappa shape index (κ1) is 24.0. The zero-order chi connectivity index (χ0) is 25.6. The molecule has 2 unspecified atom stereocenters. The molecule has 0 radical (unpaired) electrons. The number of aliphatic hydroxyl groups excluding tert-OH is 1. The Morgan fingerprint density at radius 2 is 1.92 bits per heavy atom. The van der Waals surface area contributed by atoms with Crippen LogP contribution in [0.2, 0.25) is 5.02 Å². The zero-order valence-electron chi connectivity index (χ0n) is 20.1. The highest BCUT2D eigenvalue weighted by atomic mass is 35.5. The molecule has 1 saturated heterocycles. The van der Waals surface area contributed by atoms with Crippen LogP contribution in [0.3, 0.4) is 0 Å². The van der Waals surface area contributed by atoms with Gasteiger partial charge in [0.25, 0.3) is 11.8 Å². The van der Waals surface area contributed by atoms with E-state index in [1.54, 1.807) is 30.3 Å². The summed E-state index contributed by atoms with van der Waals surface area (Å²) in [7, 11) is 0. The Morgan fingerprint density at radius 1 is 1.14 bits per heavy atom. The van der Waals surface area contributed by atoms with E-state index in [0.29, 0.717) is 58.4 Å². The number of para-hydroxylation sites is 1. The van der Waals surface area contributed by atoms with Crippen LogP contribution in [-0.2, 0) is 16.1 Å². The van der Waals surface area contributed by atoms with Crippen molar-refractivity contribution in [1.82, 2.24) is 20.6 Å². The molecule has 2 aliphatic heterocycles. The lowest BCUT2D eigenvalue weighted by Gasteiger charge is -2.58. The summed E-state index contributed by atoms with van der Waals surface area (Å²) in [6, 6.07) is 10.5. The summed E-state index contributed by atoms with van der Waals surface area (Å²) in [5, 5.41) is 16.4. The molecule has 1 saturated carbocycles. The Labute approximate surface area is 218 Å². The molecule has 3 heterocycles. The largest absolute Gasteiger partial charge is 0.488 e. The first-order valence-corrected chi connectivity index (χ1v) is 12.8. The van der Waals surface area contributed by atoms with Crippen molar-refractivity contribution in [2.75, 3.05) is 19.8 Å². The van der Waals surface area contributed by atoms with E-state index in [4.69, 9.17) is 21.1 Å². The van der Waals surface area contributed by atoms with Crippen molar-refractivity contribution in [3.8, 4) is 5.75 Å². The number of halogens is 1. The second-order valence-electron chi connectivity index (χ2n) is 9.82. The van der Waals surface area contributed by atoms with E-state index in [9.17, 15) is 14.7 Å². The number of nitrogens with one attached hydrogen (secondary N) is 3. The predicted octanol–water partition coefficient (Wildman–Crippen LogP) is 2.97. The van der Waals surface area contributed by atoms with Crippen LogP contribution < -0.4 is 15.4 Å². The van der Waals surface area contributed by atoms with Crippen LogP contribution in [0.4, 0.5) is 0 Å². The van der Waals surface area contributed by atoms with Gasteiger partial charge in [0.1, 0.15) is 30.3 Å². The highest BCUT2D eigenvalue weighted by molar-refractivity contribution is 6.30. The first-order valence-electron chi connectivity index (χ1n) is 12.4. The van der Waals surface area contributed by atoms with Gasteiger partial charge in [-0.2, -0.15) is 0 Å². The van der Waals surface area contributed by atoms with Crippen LogP contribution in [-0.4, -0.2) is 58.8 Å². The number of rotatable bonds is 5. The number of hydrogen-bond donors (Lipinski definition) is 4. The van der Waals surface area contributed by atoms with Crippen molar-refractivity contribution < 1.29 is 24.2 Å². The molecule has 10 heteroatoms. The summed E-state index contributed by atoms with van der Waals surface area (Å²) >= 11 is 6.11. The molecule has 4 N–H and O–H groups in total. The van der Waals surface area contributed by atoms with Gasteiger partial charge in [0.2, 0.25) is 0 Å². The Hall–Kier alpha value is -3.40. The molecule has 2 atom stereocenters. The Kier molecular flexibility index (Phi) is 6.14. The summed E-state index contributed by atoms with van der Waals surface area (Å²) in [6.07, 6.45) is 3.91. The number of fused-ring (bicyclic) bond motifs is 2. The fourth-order valence-electron chi connectivity index (χ4n) is 5.75. The molecule has 1 spiro atoms. The number of nitrogens with zero attached hydrogens (tertiary/aromatic N) is 1. The predicted molar refractivity (Wildman–Crippen MR) is 137 cm³/mol. The van der Waals surface area contributed by atoms with Crippen molar-refractivity contribution in [3.05, 3.63) is 63.9 Å². The van der Waals surface area contributed by atoms with E-state index in [-0.39, 0.29) is 42.5 Å². The minimum Gasteiger partial charge on any atom is -0.488 e. The second-order valence-corrected chi connectivity index (χ2v) is 10.3. The van der Waals surface area contributed by atoms with Crippen LogP contribution >= 0.6 is 11.6 Å². The lowest BCUT2D eigenvalue weighted by atomic mass is 9.56. The summed E-state index contributed by atoms with van der Waals surface area (Å²) < 4.78 is 11.4. The Bertz CT molecular complexity index is 1410. The average molecular weight is 523 g/mol. The van der Waals surface area contributed by atoms with Crippen LogP contribution in [0.15, 0.2) is 42.0 Å². The summed E-state index contributed by atoms with van der Waals surface area (Å²) in [4.78, 5) is 33.9. The maximum atomic E-state index is 13.3. The fraction of sp³-hybridized carbons (Fsp3) is 0.370. The van der Waals surface area contributed by atoms with Gasteiger partial charge in [-0.3, -0.25) is 9.59 Å². The molecule has 1 aliphatic carbocycles. The number of aromatic nitrogens is 2. The molecule has 6 rings (SSSR count). The molecule has 192 valence electrons. The summed E-state index contributed by atoms with van der Waals surface area (Å²) in [5.41, 5.74) is 2.69. The van der Waals surface area contributed by atoms with Crippen molar-refractivity contribution in [2.45, 2.75) is 38.0 Å². The van der Waals surface area contributed by atoms with Gasteiger partial charge in [-0.25, -0.2) is 4.98 Å². The van der Waals surface area contributed by atoms with Gasteiger partial charge in [0.15, 0.2) is 0 Å². The van der Waals surface area contributed by atoms with E-state index in [1.165, 1.54) is 0 Å². The number of amides is 2. The fourth-order valence-corrected chi connectivity index (χ4v) is 5.93. The van der Waals surface area contributed by atoms with E-state index < -0.39 is 0 Å². The molecule has 0 bridgehead atoms. The third kappa shape index (κ3) is 4.27. The number of aromatic amines is 1. The zero-order valence-corrected chi connectivity index (χ0v) is 20.8. The number of imidazole rings is 1. The minimum absolute atomic E-state index is 0.0991.